The maximum Gasteiger partial charge on any atom is 0.218 e. The van der Waals surface area contributed by atoms with Crippen LogP contribution in [0.5, 0.6) is 0 Å². The Kier molecular flexibility index (Phi) is 5.35. The first-order valence-corrected chi connectivity index (χ1v) is 10.4. The molecule has 0 bridgehead atoms. The van der Waals surface area contributed by atoms with Crippen molar-refractivity contribution in [3.63, 3.8) is 0 Å². The molecule has 160 valence electrons. The topological polar surface area (TPSA) is 82.2 Å². The van der Waals surface area contributed by atoms with Gasteiger partial charge in [0.2, 0.25) is 5.82 Å². The quantitative estimate of drug-likeness (QED) is 0.398. The Morgan fingerprint density at radius 3 is 2.53 bits per heavy atom. The van der Waals surface area contributed by atoms with Gasteiger partial charge < -0.3 is 14.6 Å². The number of aromatic nitrogens is 6. The number of benzene rings is 1. The van der Waals surface area contributed by atoms with Crippen LogP contribution in [0.25, 0.3) is 39.4 Å². The predicted molar refractivity (Wildman–Crippen MR) is 124 cm³/mol. The van der Waals surface area contributed by atoms with E-state index in [1.54, 1.807) is 25.7 Å². The van der Waals surface area contributed by atoms with Crippen molar-refractivity contribution in [3.05, 3.63) is 73.4 Å². The van der Waals surface area contributed by atoms with Crippen molar-refractivity contribution >= 4 is 11.3 Å². The number of hydrogen-bond acceptors (Lipinski definition) is 6. The molecular formula is C24H23N7O. The highest BCUT2D eigenvalue weighted by atomic mass is 16.5. The molecular weight excluding hydrogens is 402 g/mol. The summed E-state index contributed by atoms with van der Waals surface area (Å²) in [5.41, 5.74) is 5.16. The van der Waals surface area contributed by atoms with Crippen molar-refractivity contribution in [1.29, 1.82) is 0 Å². The number of hydrogen-bond donors (Lipinski definition) is 1. The number of pyridine rings is 1. The highest BCUT2D eigenvalue weighted by Gasteiger charge is 2.21. The summed E-state index contributed by atoms with van der Waals surface area (Å²) >= 11 is 0. The smallest absolute Gasteiger partial charge is 0.218 e. The molecule has 0 aliphatic carbocycles. The van der Waals surface area contributed by atoms with E-state index in [-0.39, 0.29) is 0 Å². The lowest BCUT2D eigenvalue weighted by Crippen LogP contribution is -2.12. The SMILES string of the molecule is COCCNc1nc(-c2nccn2C)nn2cc(-c3ccncc3)c(-c3ccccc3)c12. The molecule has 4 heterocycles. The van der Waals surface area contributed by atoms with Gasteiger partial charge in [-0.1, -0.05) is 30.3 Å². The van der Waals surface area contributed by atoms with E-state index in [9.17, 15) is 0 Å². The first-order valence-electron chi connectivity index (χ1n) is 10.4. The summed E-state index contributed by atoms with van der Waals surface area (Å²) in [5, 5.41) is 8.27. The molecule has 1 aromatic carbocycles. The molecule has 0 aliphatic rings. The van der Waals surface area contributed by atoms with Crippen LogP contribution < -0.4 is 5.32 Å². The van der Waals surface area contributed by atoms with Gasteiger partial charge in [0.25, 0.3) is 0 Å². The lowest BCUT2D eigenvalue weighted by Gasteiger charge is -2.12. The van der Waals surface area contributed by atoms with Crippen LogP contribution in [0.4, 0.5) is 5.82 Å². The zero-order chi connectivity index (χ0) is 21.9. The molecule has 5 aromatic rings. The fourth-order valence-corrected chi connectivity index (χ4v) is 3.80. The Hall–Kier alpha value is -4.04. The summed E-state index contributed by atoms with van der Waals surface area (Å²) in [4.78, 5) is 13.5. The molecule has 5 rings (SSSR count). The fraction of sp³-hybridized carbons (Fsp3) is 0.167. The van der Waals surface area contributed by atoms with E-state index in [1.165, 1.54) is 0 Å². The van der Waals surface area contributed by atoms with E-state index < -0.39 is 0 Å². The number of nitrogens with zero attached hydrogens (tertiary/aromatic N) is 6. The van der Waals surface area contributed by atoms with Crippen LogP contribution >= 0.6 is 0 Å². The van der Waals surface area contributed by atoms with Gasteiger partial charge >= 0.3 is 0 Å². The Morgan fingerprint density at radius 1 is 1.00 bits per heavy atom. The minimum absolute atomic E-state index is 0.542. The van der Waals surface area contributed by atoms with Gasteiger partial charge in [-0.2, -0.15) is 0 Å². The van der Waals surface area contributed by atoms with Gasteiger partial charge in [-0.05, 0) is 23.3 Å². The van der Waals surface area contributed by atoms with Crippen molar-refractivity contribution in [2.24, 2.45) is 7.05 Å². The fourth-order valence-electron chi connectivity index (χ4n) is 3.80. The zero-order valence-corrected chi connectivity index (χ0v) is 17.9. The van der Waals surface area contributed by atoms with Gasteiger partial charge in [0.1, 0.15) is 5.52 Å². The Morgan fingerprint density at radius 2 is 1.81 bits per heavy atom. The first kappa shape index (κ1) is 19.9. The highest BCUT2D eigenvalue weighted by Crippen LogP contribution is 2.39. The summed E-state index contributed by atoms with van der Waals surface area (Å²) in [6, 6.07) is 14.3. The number of aryl methyl sites for hydroxylation is 1. The standard InChI is InChI=1S/C24H23N7O/c1-30-14-12-27-24(30)23-28-22(26-13-15-32-2)21-20(18-6-4-3-5-7-18)19(16-31(21)29-23)17-8-10-25-11-9-17/h3-12,14,16H,13,15H2,1-2H3,(H,26,28,29). The summed E-state index contributed by atoms with van der Waals surface area (Å²) in [6.45, 7) is 1.18. The number of rotatable bonds is 7. The third-order valence-corrected chi connectivity index (χ3v) is 5.30. The molecule has 0 radical (unpaired) electrons. The molecule has 1 N–H and O–H groups in total. The summed E-state index contributed by atoms with van der Waals surface area (Å²) in [6.07, 6.45) is 9.27. The van der Waals surface area contributed by atoms with E-state index >= 15 is 0 Å². The van der Waals surface area contributed by atoms with Crippen LogP contribution in [0.3, 0.4) is 0 Å². The molecule has 0 fully saturated rings. The van der Waals surface area contributed by atoms with Gasteiger partial charge in [0.15, 0.2) is 11.6 Å². The van der Waals surface area contributed by atoms with Crippen LogP contribution in [0.2, 0.25) is 0 Å². The predicted octanol–water partition coefficient (Wildman–Crippen LogP) is 3.92. The summed E-state index contributed by atoms with van der Waals surface area (Å²) < 4.78 is 9.05. The van der Waals surface area contributed by atoms with E-state index in [0.29, 0.717) is 24.8 Å². The Balaban J connectivity index is 1.80. The minimum Gasteiger partial charge on any atom is -0.383 e. The van der Waals surface area contributed by atoms with Crippen molar-refractivity contribution in [2.45, 2.75) is 0 Å². The van der Waals surface area contributed by atoms with Crippen LogP contribution in [-0.2, 0) is 11.8 Å². The van der Waals surface area contributed by atoms with Crippen LogP contribution in [0.1, 0.15) is 0 Å². The molecule has 32 heavy (non-hydrogen) atoms. The minimum atomic E-state index is 0.542. The van der Waals surface area contributed by atoms with E-state index in [2.05, 4.69) is 27.4 Å². The number of methoxy groups -OCH3 is 1. The molecule has 8 heteroatoms. The lowest BCUT2D eigenvalue weighted by molar-refractivity contribution is 0.210. The van der Waals surface area contributed by atoms with Crippen molar-refractivity contribution in [3.8, 4) is 33.9 Å². The third kappa shape index (κ3) is 3.61. The maximum atomic E-state index is 5.25. The van der Waals surface area contributed by atoms with Crippen molar-refractivity contribution in [2.75, 3.05) is 25.6 Å². The largest absolute Gasteiger partial charge is 0.383 e. The van der Waals surface area contributed by atoms with Crippen LogP contribution in [-0.4, -0.2) is 49.4 Å². The lowest BCUT2D eigenvalue weighted by atomic mass is 9.98. The maximum absolute atomic E-state index is 5.25. The van der Waals surface area contributed by atoms with Crippen LogP contribution in [0, 0.1) is 0 Å². The number of nitrogens with one attached hydrogen (secondary N) is 1. The molecule has 0 saturated heterocycles. The second kappa shape index (κ2) is 8.60. The molecule has 0 atom stereocenters. The van der Waals surface area contributed by atoms with Gasteiger partial charge in [-0.3, -0.25) is 4.98 Å². The second-order valence-electron chi connectivity index (χ2n) is 7.38. The van der Waals surface area contributed by atoms with E-state index in [0.717, 1.165) is 33.6 Å². The highest BCUT2D eigenvalue weighted by molar-refractivity contribution is 5.99. The molecule has 4 aromatic heterocycles. The van der Waals surface area contributed by atoms with Gasteiger partial charge in [0, 0.05) is 62.8 Å². The van der Waals surface area contributed by atoms with E-state index in [4.69, 9.17) is 14.8 Å². The number of anilines is 1. The number of ether oxygens (including phenoxy) is 1. The Labute approximate surface area is 185 Å². The Bertz CT molecular complexity index is 1340. The molecule has 0 aliphatic heterocycles. The van der Waals surface area contributed by atoms with Gasteiger partial charge in [-0.25, -0.2) is 14.5 Å². The molecule has 0 spiro atoms. The first-order chi connectivity index (χ1) is 15.8. The summed E-state index contributed by atoms with van der Waals surface area (Å²) in [5.74, 6) is 1.97. The molecule has 0 unspecified atom stereocenters. The molecule has 8 nitrogen and oxygen atoms in total. The third-order valence-electron chi connectivity index (χ3n) is 5.30. The number of fused-ring (bicyclic) bond motifs is 1. The second-order valence-corrected chi connectivity index (χ2v) is 7.38. The average Bonchev–Trinajstić information content (AvgIpc) is 3.44. The zero-order valence-electron chi connectivity index (χ0n) is 17.9. The number of imidazole rings is 1. The normalized spacial score (nSPS) is 11.2. The van der Waals surface area contributed by atoms with Gasteiger partial charge in [-0.15, -0.1) is 5.10 Å². The van der Waals surface area contributed by atoms with Gasteiger partial charge in [0.05, 0.1) is 6.61 Å². The monoisotopic (exact) mass is 425 g/mol. The molecule has 0 amide bonds. The average molecular weight is 425 g/mol. The van der Waals surface area contributed by atoms with Crippen molar-refractivity contribution in [1.82, 2.24) is 29.1 Å². The summed E-state index contributed by atoms with van der Waals surface area (Å²) in [7, 11) is 3.62. The van der Waals surface area contributed by atoms with Crippen LogP contribution in [0.15, 0.2) is 73.4 Å². The molecule has 0 saturated carbocycles. The van der Waals surface area contributed by atoms with E-state index in [1.807, 2.05) is 58.9 Å². The van der Waals surface area contributed by atoms with Crippen molar-refractivity contribution < 1.29 is 4.74 Å².